The first-order valence-electron chi connectivity index (χ1n) is 8.92. The molecule has 1 aromatic heterocycles. The van der Waals surface area contributed by atoms with Gasteiger partial charge in [-0.05, 0) is 35.9 Å². The lowest BCUT2D eigenvalue weighted by atomic mass is 10.1. The van der Waals surface area contributed by atoms with Crippen molar-refractivity contribution in [3.05, 3.63) is 101 Å². The van der Waals surface area contributed by atoms with Gasteiger partial charge in [-0.15, -0.1) is 0 Å². The van der Waals surface area contributed by atoms with E-state index < -0.39 is 0 Å². The van der Waals surface area contributed by atoms with Crippen molar-refractivity contribution < 1.29 is 4.39 Å². The molecule has 3 aromatic carbocycles. The molecule has 0 amide bonds. The summed E-state index contributed by atoms with van der Waals surface area (Å²) in [5.74, 6) is 0.0933. The zero-order valence-electron chi connectivity index (χ0n) is 15.3. The Bertz CT molecular complexity index is 1130. The van der Waals surface area contributed by atoms with Gasteiger partial charge in [0, 0.05) is 15.6 Å². The zero-order chi connectivity index (χ0) is 20.1. The Morgan fingerprint density at radius 2 is 1.41 bits per heavy atom. The summed E-state index contributed by atoms with van der Waals surface area (Å²) in [6.45, 7) is 0. The van der Waals surface area contributed by atoms with E-state index in [1.807, 2.05) is 60.7 Å². The summed E-state index contributed by atoms with van der Waals surface area (Å²) in [6, 6.07) is 25.9. The second-order valence-electron chi connectivity index (χ2n) is 6.26. The highest BCUT2D eigenvalue weighted by atomic mass is 79.9. The zero-order valence-corrected chi connectivity index (χ0v) is 16.8. The highest BCUT2D eigenvalue weighted by Crippen LogP contribution is 2.26. The Labute approximate surface area is 176 Å². The standard InChI is InChI=1S/C23H16BrFN4/c24-19-10-8-18(9-11-19)22-14-21(17-4-2-1-3-5-17)27-23(28-22)29-26-15-16-6-12-20(25)13-7-16/h1-15H,(H,27,28,29). The lowest BCUT2D eigenvalue weighted by Gasteiger charge is -2.08. The summed E-state index contributed by atoms with van der Waals surface area (Å²) in [5, 5.41) is 4.20. The van der Waals surface area contributed by atoms with Crippen molar-refractivity contribution in [1.82, 2.24) is 9.97 Å². The summed E-state index contributed by atoms with van der Waals surface area (Å²) in [4.78, 5) is 9.18. The maximum atomic E-state index is 13.0. The van der Waals surface area contributed by atoms with E-state index in [1.165, 1.54) is 12.1 Å². The number of hydrogen-bond acceptors (Lipinski definition) is 4. The molecule has 0 radical (unpaired) electrons. The molecular formula is C23H16BrFN4. The lowest BCUT2D eigenvalue weighted by molar-refractivity contribution is 0.628. The minimum absolute atomic E-state index is 0.284. The third-order valence-corrected chi connectivity index (χ3v) is 4.71. The minimum Gasteiger partial charge on any atom is -0.245 e. The van der Waals surface area contributed by atoms with Crippen LogP contribution >= 0.6 is 15.9 Å². The first-order valence-corrected chi connectivity index (χ1v) is 9.72. The number of aromatic nitrogens is 2. The average molecular weight is 447 g/mol. The molecule has 0 saturated carbocycles. The van der Waals surface area contributed by atoms with Crippen LogP contribution in [0.5, 0.6) is 0 Å². The van der Waals surface area contributed by atoms with Gasteiger partial charge in [-0.3, -0.25) is 0 Å². The molecule has 4 rings (SSSR count). The van der Waals surface area contributed by atoms with E-state index in [0.717, 1.165) is 32.6 Å². The van der Waals surface area contributed by atoms with Gasteiger partial charge in [-0.2, -0.15) is 5.10 Å². The first-order chi connectivity index (χ1) is 14.2. The van der Waals surface area contributed by atoms with Crippen LogP contribution in [0, 0.1) is 5.82 Å². The Morgan fingerprint density at radius 1 is 0.793 bits per heavy atom. The largest absolute Gasteiger partial charge is 0.245 e. The van der Waals surface area contributed by atoms with E-state index in [9.17, 15) is 4.39 Å². The molecule has 4 nitrogen and oxygen atoms in total. The molecular weight excluding hydrogens is 431 g/mol. The highest BCUT2D eigenvalue weighted by molar-refractivity contribution is 9.10. The van der Waals surface area contributed by atoms with Crippen LogP contribution < -0.4 is 5.43 Å². The van der Waals surface area contributed by atoms with E-state index in [-0.39, 0.29) is 5.82 Å². The lowest BCUT2D eigenvalue weighted by Crippen LogP contribution is -2.00. The number of rotatable bonds is 5. The summed E-state index contributed by atoms with van der Waals surface area (Å²) in [5.41, 5.74) is 7.18. The quantitative estimate of drug-likeness (QED) is 0.295. The van der Waals surface area contributed by atoms with Crippen LogP contribution in [0.25, 0.3) is 22.5 Å². The molecule has 1 N–H and O–H groups in total. The van der Waals surface area contributed by atoms with Gasteiger partial charge in [-0.25, -0.2) is 19.8 Å². The van der Waals surface area contributed by atoms with Crippen LogP contribution in [-0.2, 0) is 0 Å². The molecule has 0 aliphatic carbocycles. The van der Waals surface area contributed by atoms with Crippen molar-refractivity contribution in [1.29, 1.82) is 0 Å². The van der Waals surface area contributed by atoms with Crippen LogP contribution in [0.1, 0.15) is 5.56 Å². The molecule has 0 aliphatic heterocycles. The molecule has 0 bridgehead atoms. The van der Waals surface area contributed by atoms with Crippen LogP contribution in [0.15, 0.2) is 94.5 Å². The van der Waals surface area contributed by atoms with Gasteiger partial charge in [0.2, 0.25) is 5.95 Å². The van der Waals surface area contributed by atoms with Gasteiger partial charge < -0.3 is 0 Å². The Balaban J connectivity index is 1.67. The van der Waals surface area contributed by atoms with E-state index >= 15 is 0 Å². The SMILES string of the molecule is Fc1ccc(C=NNc2nc(-c3ccccc3)cc(-c3ccc(Br)cc3)n2)cc1. The number of nitrogens with one attached hydrogen (secondary N) is 1. The highest BCUT2D eigenvalue weighted by Gasteiger charge is 2.08. The van der Waals surface area contributed by atoms with Gasteiger partial charge in [0.1, 0.15) is 5.82 Å². The fraction of sp³-hybridized carbons (Fsp3) is 0. The minimum atomic E-state index is -0.284. The summed E-state index contributed by atoms with van der Waals surface area (Å²) in [7, 11) is 0. The molecule has 0 unspecified atom stereocenters. The molecule has 0 saturated heterocycles. The summed E-state index contributed by atoms with van der Waals surface area (Å²) >= 11 is 3.46. The average Bonchev–Trinajstić information content (AvgIpc) is 2.76. The topological polar surface area (TPSA) is 50.2 Å². The smallest absolute Gasteiger partial charge is 0.244 e. The van der Waals surface area contributed by atoms with E-state index in [0.29, 0.717) is 5.95 Å². The number of halogens is 2. The molecule has 6 heteroatoms. The van der Waals surface area contributed by atoms with Crippen molar-refractivity contribution in [2.45, 2.75) is 0 Å². The maximum Gasteiger partial charge on any atom is 0.244 e. The number of nitrogens with zero attached hydrogens (tertiary/aromatic N) is 3. The molecule has 0 atom stereocenters. The fourth-order valence-corrected chi connectivity index (χ4v) is 3.00. The van der Waals surface area contributed by atoms with E-state index in [1.54, 1.807) is 18.3 Å². The number of hydrogen-bond donors (Lipinski definition) is 1. The normalized spacial score (nSPS) is 11.0. The van der Waals surface area contributed by atoms with Crippen molar-refractivity contribution in [2.75, 3.05) is 5.43 Å². The summed E-state index contributed by atoms with van der Waals surface area (Å²) in [6.07, 6.45) is 1.59. The third kappa shape index (κ3) is 4.92. The van der Waals surface area contributed by atoms with Crippen molar-refractivity contribution in [3.8, 4) is 22.5 Å². The number of hydrazone groups is 1. The monoisotopic (exact) mass is 446 g/mol. The van der Waals surface area contributed by atoms with Crippen LogP contribution in [0.4, 0.5) is 10.3 Å². The Hall–Kier alpha value is -3.38. The Morgan fingerprint density at radius 3 is 2.07 bits per heavy atom. The van der Waals surface area contributed by atoms with E-state index in [2.05, 4.69) is 36.4 Å². The van der Waals surface area contributed by atoms with Gasteiger partial charge in [0.05, 0.1) is 17.6 Å². The fourth-order valence-electron chi connectivity index (χ4n) is 2.74. The molecule has 0 fully saturated rings. The predicted molar refractivity (Wildman–Crippen MR) is 118 cm³/mol. The third-order valence-electron chi connectivity index (χ3n) is 4.18. The van der Waals surface area contributed by atoms with Gasteiger partial charge in [-0.1, -0.05) is 70.5 Å². The summed E-state index contributed by atoms with van der Waals surface area (Å²) < 4.78 is 14.0. The molecule has 0 aliphatic rings. The van der Waals surface area contributed by atoms with Gasteiger partial charge in [0.15, 0.2) is 0 Å². The first kappa shape index (κ1) is 19.0. The number of benzene rings is 3. The number of anilines is 1. The second-order valence-corrected chi connectivity index (χ2v) is 7.17. The molecule has 142 valence electrons. The van der Waals surface area contributed by atoms with Crippen molar-refractivity contribution in [2.24, 2.45) is 5.10 Å². The molecule has 0 spiro atoms. The van der Waals surface area contributed by atoms with E-state index in [4.69, 9.17) is 0 Å². The van der Waals surface area contributed by atoms with Gasteiger partial charge >= 0.3 is 0 Å². The maximum absolute atomic E-state index is 13.0. The predicted octanol–water partition coefficient (Wildman–Crippen LogP) is 6.16. The second kappa shape index (κ2) is 8.75. The Kier molecular flexibility index (Phi) is 5.72. The molecule has 4 aromatic rings. The van der Waals surface area contributed by atoms with Gasteiger partial charge in [0.25, 0.3) is 0 Å². The molecule has 29 heavy (non-hydrogen) atoms. The van der Waals surface area contributed by atoms with Crippen LogP contribution in [-0.4, -0.2) is 16.2 Å². The van der Waals surface area contributed by atoms with Crippen molar-refractivity contribution in [3.63, 3.8) is 0 Å². The van der Waals surface area contributed by atoms with Crippen LogP contribution in [0.2, 0.25) is 0 Å². The van der Waals surface area contributed by atoms with Crippen molar-refractivity contribution >= 4 is 28.1 Å². The van der Waals surface area contributed by atoms with Crippen LogP contribution in [0.3, 0.4) is 0 Å². The molecule has 1 heterocycles.